The molecule has 2 heterocycles. The molecule has 0 aliphatic carbocycles. The predicted octanol–water partition coefficient (Wildman–Crippen LogP) is 0.533. The van der Waals surface area contributed by atoms with Crippen LogP contribution in [0.3, 0.4) is 0 Å². The van der Waals surface area contributed by atoms with E-state index in [0.29, 0.717) is 12.1 Å². The quantitative estimate of drug-likeness (QED) is 0.851. The zero-order valence-corrected chi connectivity index (χ0v) is 10.9. The summed E-state index contributed by atoms with van der Waals surface area (Å²) in [6.07, 6.45) is 4.01. The highest BCUT2D eigenvalue weighted by Crippen LogP contribution is 2.21. The van der Waals surface area contributed by atoms with Crippen LogP contribution in [0.25, 0.3) is 0 Å². The topological polar surface area (TPSA) is 67.2 Å². The molecule has 0 saturated carbocycles. The number of nitrogens with one attached hydrogen (secondary N) is 1. The van der Waals surface area contributed by atoms with Gasteiger partial charge in [0, 0.05) is 12.7 Å². The van der Waals surface area contributed by atoms with Crippen molar-refractivity contribution in [1.29, 1.82) is 0 Å². The number of aryl methyl sites for hydroxylation is 1. The second kappa shape index (κ2) is 4.80. The van der Waals surface area contributed by atoms with Crippen LogP contribution in [0.1, 0.15) is 27.2 Å². The third-order valence-electron chi connectivity index (χ3n) is 3.25. The molecule has 2 atom stereocenters. The Labute approximate surface area is 106 Å². The minimum absolute atomic E-state index is 0.0692. The lowest BCUT2D eigenvalue weighted by Gasteiger charge is -2.36. The van der Waals surface area contributed by atoms with Gasteiger partial charge < -0.3 is 5.32 Å². The summed E-state index contributed by atoms with van der Waals surface area (Å²) < 4.78 is 1.74. The Morgan fingerprint density at radius 3 is 2.67 bits per heavy atom. The first-order valence-corrected chi connectivity index (χ1v) is 6.24. The molecular formula is C12H18N4O2. The first kappa shape index (κ1) is 12.6. The second-order valence-electron chi connectivity index (χ2n) is 4.41. The number of anilines is 1. The van der Waals surface area contributed by atoms with E-state index >= 15 is 0 Å². The van der Waals surface area contributed by atoms with Crippen LogP contribution in [0.15, 0.2) is 12.4 Å². The van der Waals surface area contributed by atoms with Gasteiger partial charge in [0.1, 0.15) is 12.1 Å². The van der Waals surface area contributed by atoms with Crippen LogP contribution in [0, 0.1) is 0 Å². The molecule has 6 heteroatoms. The summed E-state index contributed by atoms with van der Waals surface area (Å²) in [5.41, 5.74) is 0.683. The standard InChI is InChI=1S/C12H18N4O2/c1-4-10-12(18)16(8(3)11(17)14-10)9-6-13-15(5-2)7-9/h6-8,10H,4-5H2,1-3H3,(H,14,17). The largest absolute Gasteiger partial charge is 0.343 e. The Balaban J connectivity index is 2.33. The molecule has 0 radical (unpaired) electrons. The molecule has 2 unspecified atom stereocenters. The predicted molar refractivity (Wildman–Crippen MR) is 67.1 cm³/mol. The molecular weight excluding hydrogens is 232 g/mol. The summed E-state index contributed by atoms with van der Waals surface area (Å²) in [4.78, 5) is 25.7. The fourth-order valence-electron chi connectivity index (χ4n) is 2.11. The van der Waals surface area contributed by atoms with E-state index in [4.69, 9.17) is 0 Å². The number of hydrogen-bond donors (Lipinski definition) is 1. The Morgan fingerprint density at radius 1 is 1.39 bits per heavy atom. The SMILES string of the molecule is CCC1NC(=O)C(C)N(c2cnn(CC)c2)C1=O. The van der Waals surface area contributed by atoms with Crippen molar-refractivity contribution in [1.82, 2.24) is 15.1 Å². The van der Waals surface area contributed by atoms with E-state index in [1.165, 1.54) is 4.90 Å². The van der Waals surface area contributed by atoms with Crippen LogP contribution in [0.5, 0.6) is 0 Å². The maximum absolute atomic E-state index is 12.3. The molecule has 0 bridgehead atoms. The average Bonchev–Trinajstić information content (AvgIpc) is 2.82. The van der Waals surface area contributed by atoms with Crippen LogP contribution in [0.2, 0.25) is 0 Å². The van der Waals surface area contributed by atoms with Gasteiger partial charge in [-0.15, -0.1) is 0 Å². The highest BCUT2D eigenvalue weighted by atomic mass is 16.2. The number of amides is 2. The third-order valence-corrected chi connectivity index (χ3v) is 3.25. The maximum atomic E-state index is 12.3. The summed E-state index contributed by atoms with van der Waals surface area (Å²) in [5.74, 6) is -0.189. The molecule has 2 rings (SSSR count). The molecule has 0 aromatic carbocycles. The van der Waals surface area contributed by atoms with Crippen molar-refractivity contribution < 1.29 is 9.59 Å². The molecule has 1 saturated heterocycles. The Kier molecular flexibility index (Phi) is 3.36. The number of aromatic nitrogens is 2. The van der Waals surface area contributed by atoms with Gasteiger partial charge in [0.2, 0.25) is 11.8 Å². The summed E-state index contributed by atoms with van der Waals surface area (Å²) in [6, 6.07) is -0.923. The van der Waals surface area contributed by atoms with Gasteiger partial charge in [-0.2, -0.15) is 5.10 Å². The Hall–Kier alpha value is -1.85. The zero-order valence-electron chi connectivity index (χ0n) is 10.9. The van der Waals surface area contributed by atoms with Crippen molar-refractivity contribution in [2.24, 2.45) is 0 Å². The lowest BCUT2D eigenvalue weighted by molar-refractivity contribution is -0.133. The average molecular weight is 250 g/mol. The minimum Gasteiger partial charge on any atom is -0.343 e. The van der Waals surface area contributed by atoms with Crippen LogP contribution in [0.4, 0.5) is 5.69 Å². The first-order valence-electron chi connectivity index (χ1n) is 6.24. The molecule has 2 amide bonds. The fraction of sp³-hybridized carbons (Fsp3) is 0.583. The van der Waals surface area contributed by atoms with Gasteiger partial charge in [-0.05, 0) is 20.3 Å². The van der Waals surface area contributed by atoms with E-state index in [2.05, 4.69) is 10.4 Å². The smallest absolute Gasteiger partial charge is 0.250 e. The van der Waals surface area contributed by atoms with E-state index in [1.807, 2.05) is 13.8 Å². The van der Waals surface area contributed by atoms with Crippen molar-refractivity contribution in [2.75, 3.05) is 4.90 Å². The lowest BCUT2D eigenvalue weighted by atomic mass is 10.1. The Bertz CT molecular complexity index is 468. The first-order chi connectivity index (χ1) is 8.58. The molecule has 1 aliphatic heterocycles. The molecule has 18 heavy (non-hydrogen) atoms. The third kappa shape index (κ3) is 1.98. The summed E-state index contributed by atoms with van der Waals surface area (Å²) in [7, 11) is 0. The van der Waals surface area contributed by atoms with Crippen LogP contribution in [-0.2, 0) is 16.1 Å². The number of hydrogen-bond acceptors (Lipinski definition) is 3. The van der Waals surface area contributed by atoms with Gasteiger partial charge in [0.25, 0.3) is 0 Å². The summed E-state index contributed by atoms with van der Waals surface area (Å²) >= 11 is 0. The van der Waals surface area contributed by atoms with Crippen LogP contribution in [-0.4, -0.2) is 33.7 Å². The molecule has 6 nitrogen and oxygen atoms in total. The summed E-state index contributed by atoms with van der Waals surface area (Å²) in [5, 5.41) is 6.87. The molecule has 0 spiro atoms. The number of carbonyl (C=O) groups excluding carboxylic acids is 2. The normalized spacial score (nSPS) is 24.3. The second-order valence-corrected chi connectivity index (χ2v) is 4.41. The van der Waals surface area contributed by atoms with Crippen LogP contribution >= 0.6 is 0 Å². The molecule has 1 fully saturated rings. The van der Waals surface area contributed by atoms with E-state index in [0.717, 1.165) is 6.54 Å². The van der Waals surface area contributed by atoms with Gasteiger partial charge >= 0.3 is 0 Å². The minimum atomic E-state index is -0.491. The van der Waals surface area contributed by atoms with E-state index < -0.39 is 12.1 Å². The Morgan fingerprint density at radius 2 is 2.11 bits per heavy atom. The van der Waals surface area contributed by atoms with Gasteiger partial charge in [-0.25, -0.2) is 0 Å². The monoisotopic (exact) mass is 250 g/mol. The van der Waals surface area contributed by atoms with E-state index in [-0.39, 0.29) is 11.8 Å². The van der Waals surface area contributed by atoms with Gasteiger partial charge in [0.05, 0.1) is 11.9 Å². The van der Waals surface area contributed by atoms with Crippen molar-refractivity contribution >= 4 is 17.5 Å². The number of piperazine rings is 1. The molecule has 1 aliphatic rings. The molecule has 1 aromatic heterocycles. The number of nitrogens with zero attached hydrogens (tertiary/aromatic N) is 3. The lowest BCUT2D eigenvalue weighted by Crippen LogP contribution is -2.62. The van der Waals surface area contributed by atoms with E-state index in [1.54, 1.807) is 24.0 Å². The highest BCUT2D eigenvalue weighted by Gasteiger charge is 2.38. The van der Waals surface area contributed by atoms with Crippen molar-refractivity contribution in [3.05, 3.63) is 12.4 Å². The molecule has 98 valence electrons. The van der Waals surface area contributed by atoms with Gasteiger partial charge in [0.15, 0.2) is 0 Å². The summed E-state index contributed by atoms with van der Waals surface area (Å²) in [6.45, 7) is 6.31. The van der Waals surface area contributed by atoms with Gasteiger partial charge in [-0.3, -0.25) is 19.2 Å². The van der Waals surface area contributed by atoms with E-state index in [9.17, 15) is 9.59 Å². The van der Waals surface area contributed by atoms with Crippen molar-refractivity contribution in [3.8, 4) is 0 Å². The fourth-order valence-corrected chi connectivity index (χ4v) is 2.11. The molecule has 1 aromatic rings. The van der Waals surface area contributed by atoms with Crippen molar-refractivity contribution in [2.45, 2.75) is 45.8 Å². The highest BCUT2D eigenvalue weighted by molar-refractivity contribution is 6.08. The molecule has 1 N–H and O–H groups in total. The number of carbonyl (C=O) groups is 2. The maximum Gasteiger partial charge on any atom is 0.250 e. The zero-order chi connectivity index (χ0) is 13.3. The van der Waals surface area contributed by atoms with Gasteiger partial charge in [-0.1, -0.05) is 6.92 Å². The number of rotatable bonds is 3. The van der Waals surface area contributed by atoms with Crippen LogP contribution < -0.4 is 10.2 Å². The van der Waals surface area contributed by atoms with Crippen molar-refractivity contribution in [3.63, 3.8) is 0 Å².